The number of ether oxygens (including phenoxy) is 1. The number of aliphatic carboxylic acids is 1. The van der Waals surface area contributed by atoms with Crippen molar-refractivity contribution < 1.29 is 41.4 Å². The molecule has 0 spiro atoms. The maximum absolute atomic E-state index is 12.7. The fourth-order valence-electron chi connectivity index (χ4n) is 4.44. The van der Waals surface area contributed by atoms with E-state index in [4.69, 9.17) is 14.4 Å². The third-order valence-corrected chi connectivity index (χ3v) is 6.65. The molecule has 0 radical (unpaired) electrons. The number of fused-ring (bicyclic) bond motifs is 3. The first-order valence-electron chi connectivity index (χ1n) is 11.9. The number of carboxylic acid groups (broad SMARTS) is 1. The number of nitrogens with zero attached hydrogens (tertiary/aromatic N) is 1. The van der Waals surface area contributed by atoms with Crippen molar-refractivity contribution >= 4 is 28.4 Å². The molecule has 0 unspecified atom stereocenters. The van der Waals surface area contributed by atoms with Gasteiger partial charge >= 0.3 is 22.5 Å². The first-order chi connectivity index (χ1) is 18.6. The third-order valence-electron chi connectivity index (χ3n) is 6.19. The van der Waals surface area contributed by atoms with Crippen LogP contribution in [0.15, 0.2) is 72.8 Å². The summed E-state index contributed by atoms with van der Waals surface area (Å²) in [5.74, 6) is -2.04. The van der Waals surface area contributed by atoms with Crippen LogP contribution in [-0.2, 0) is 30.7 Å². The van der Waals surface area contributed by atoms with Gasteiger partial charge < -0.3 is 20.1 Å². The van der Waals surface area contributed by atoms with Gasteiger partial charge in [0.1, 0.15) is 13.2 Å². The number of benzene rings is 3. The molecule has 3 aromatic rings. The van der Waals surface area contributed by atoms with Gasteiger partial charge in [0.15, 0.2) is 0 Å². The molecule has 4 rings (SSSR count). The summed E-state index contributed by atoms with van der Waals surface area (Å²) in [6.45, 7) is -1.38. The van der Waals surface area contributed by atoms with E-state index in [1.165, 1.54) is 12.1 Å². The van der Waals surface area contributed by atoms with Crippen molar-refractivity contribution in [3.63, 3.8) is 0 Å². The van der Waals surface area contributed by atoms with Gasteiger partial charge in [-0.3, -0.25) is 14.1 Å². The van der Waals surface area contributed by atoms with E-state index >= 15 is 0 Å². The molecule has 0 heterocycles. The van der Waals surface area contributed by atoms with E-state index in [1.807, 2.05) is 36.4 Å². The number of carbonyl (C=O) groups excluding carboxylic acids is 2. The number of nitrogens with one attached hydrogen (secondary N) is 1. The standard InChI is InChI=1S/C27H26N2O9S/c30-25(31)16-29(13-14-38-39(34,35)36)26(32)19-11-9-18(10-12-19)15-28-27(33)37-17-24-22-7-3-1-5-20(22)21-6-2-4-8-23(21)24/h1-12,24H,13-17H2,(H,28,33)(H,30,31)(H,34,35,36). The van der Waals surface area contributed by atoms with Crippen molar-refractivity contribution in [2.75, 3.05) is 26.3 Å². The molecule has 0 atom stereocenters. The fourth-order valence-corrected chi connectivity index (χ4v) is 4.73. The second-order valence-corrected chi connectivity index (χ2v) is 9.84. The number of alkyl carbamates (subject to hydrolysis) is 1. The van der Waals surface area contributed by atoms with E-state index < -0.39 is 41.5 Å². The zero-order chi connectivity index (χ0) is 28.0. The molecular formula is C27H26N2O9S. The predicted molar refractivity (Wildman–Crippen MR) is 139 cm³/mol. The van der Waals surface area contributed by atoms with Crippen LogP contribution in [0.25, 0.3) is 11.1 Å². The summed E-state index contributed by atoms with van der Waals surface area (Å²) in [5.41, 5.74) is 5.28. The first-order valence-corrected chi connectivity index (χ1v) is 13.3. The van der Waals surface area contributed by atoms with Gasteiger partial charge in [-0.25, -0.2) is 8.98 Å². The van der Waals surface area contributed by atoms with Crippen LogP contribution in [0.3, 0.4) is 0 Å². The summed E-state index contributed by atoms with van der Waals surface area (Å²) in [6.07, 6.45) is -0.594. The molecule has 3 aromatic carbocycles. The lowest BCUT2D eigenvalue weighted by Gasteiger charge is -2.20. The van der Waals surface area contributed by atoms with Gasteiger partial charge in [0.25, 0.3) is 5.91 Å². The fraction of sp³-hybridized carbons (Fsp3) is 0.222. The summed E-state index contributed by atoms with van der Waals surface area (Å²) in [6, 6.07) is 22.1. The van der Waals surface area contributed by atoms with Crippen molar-refractivity contribution in [3.05, 3.63) is 95.1 Å². The van der Waals surface area contributed by atoms with Crippen LogP contribution in [0, 0.1) is 0 Å². The summed E-state index contributed by atoms with van der Waals surface area (Å²) in [4.78, 5) is 37.1. The molecule has 12 heteroatoms. The van der Waals surface area contributed by atoms with Gasteiger partial charge in [0, 0.05) is 24.6 Å². The van der Waals surface area contributed by atoms with E-state index in [0.29, 0.717) is 5.56 Å². The van der Waals surface area contributed by atoms with Crippen LogP contribution >= 0.6 is 0 Å². The first kappa shape index (κ1) is 27.8. The highest BCUT2D eigenvalue weighted by Crippen LogP contribution is 2.44. The van der Waals surface area contributed by atoms with Gasteiger partial charge in [0.05, 0.1) is 6.61 Å². The minimum atomic E-state index is -4.72. The average molecular weight is 555 g/mol. The van der Waals surface area contributed by atoms with E-state index in [9.17, 15) is 22.8 Å². The number of hydrogen-bond acceptors (Lipinski definition) is 7. The Kier molecular flexibility index (Phi) is 8.59. The molecular weight excluding hydrogens is 528 g/mol. The Hall–Kier alpha value is -4.26. The Morgan fingerprint density at radius 3 is 2.05 bits per heavy atom. The van der Waals surface area contributed by atoms with Crippen LogP contribution in [0.4, 0.5) is 4.79 Å². The number of rotatable bonds is 11. The zero-order valence-electron chi connectivity index (χ0n) is 20.6. The predicted octanol–water partition coefficient (Wildman–Crippen LogP) is 3.07. The van der Waals surface area contributed by atoms with Gasteiger partial charge in [-0.2, -0.15) is 8.42 Å². The molecule has 3 N–H and O–H groups in total. The molecule has 0 saturated carbocycles. The highest BCUT2D eigenvalue weighted by molar-refractivity contribution is 7.80. The van der Waals surface area contributed by atoms with Crippen molar-refractivity contribution in [2.24, 2.45) is 0 Å². The Bertz CT molecular complexity index is 1430. The lowest BCUT2D eigenvalue weighted by atomic mass is 9.98. The zero-order valence-corrected chi connectivity index (χ0v) is 21.5. The summed E-state index contributed by atoms with van der Waals surface area (Å²) in [7, 11) is -4.72. The van der Waals surface area contributed by atoms with Gasteiger partial charge in [-0.1, -0.05) is 60.7 Å². The van der Waals surface area contributed by atoms with Gasteiger partial charge in [0.2, 0.25) is 0 Å². The van der Waals surface area contributed by atoms with E-state index in [0.717, 1.165) is 27.2 Å². The van der Waals surface area contributed by atoms with E-state index in [1.54, 1.807) is 12.1 Å². The summed E-state index contributed by atoms with van der Waals surface area (Å²) in [5, 5.41) is 11.7. The molecule has 0 fully saturated rings. The van der Waals surface area contributed by atoms with Gasteiger partial charge in [-0.15, -0.1) is 0 Å². The van der Waals surface area contributed by atoms with Gasteiger partial charge in [-0.05, 0) is 39.9 Å². The lowest BCUT2D eigenvalue weighted by Crippen LogP contribution is -2.38. The van der Waals surface area contributed by atoms with Crippen LogP contribution in [0.2, 0.25) is 0 Å². The highest BCUT2D eigenvalue weighted by Gasteiger charge is 2.29. The smallest absolute Gasteiger partial charge is 0.407 e. The van der Waals surface area contributed by atoms with Crippen LogP contribution in [0.1, 0.15) is 33.0 Å². The monoisotopic (exact) mass is 554 g/mol. The van der Waals surface area contributed by atoms with Crippen LogP contribution in [-0.4, -0.2) is 67.2 Å². The molecule has 1 aliphatic rings. The molecule has 39 heavy (non-hydrogen) atoms. The maximum Gasteiger partial charge on any atom is 0.407 e. The Labute approximate surface area is 224 Å². The molecule has 0 aromatic heterocycles. The molecule has 0 bridgehead atoms. The second-order valence-electron chi connectivity index (χ2n) is 8.75. The number of hydrogen-bond donors (Lipinski definition) is 3. The second kappa shape index (κ2) is 12.1. The topological polar surface area (TPSA) is 160 Å². The molecule has 0 aliphatic heterocycles. The third kappa shape index (κ3) is 7.19. The Morgan fingerprint density at radius 2 is 1.49 bits per heavy atom. The van der Waals surface area contributed by atoms with E-state index in [2.05, 4.69) is 21.6 Å². The normalized spacial score (nSPS) is 12.3. The minimum Gasteiger partial charge on any atom is -0.480 e. The van der Waals surface area contributed by atoms with Crippen molar-refractivity contribution in [1.29, 1.82) is 0 Å². The summed E-state index contributed by atoms with van der Waals surface area (Å²) < 4.78 is 39.7. The number of carboxylic acids is 1. The Morgan fingerprint density at radius 1 is 0.897 bits per heavy atom. The summed E-state index contributed by atoms with van der Waals surface area (Å²) >= 11 is 0. The van der Waals surface area contributed by atoms with Crippen molar-refractivity contribution in [1.82, 2.24) is 10.2 Å². The lowest BCUT2D eigenvalue weighted by molar-refractivity contribution is -0.137. The Balaban J connectivity index is 1.31. The number of amides is 2. The van der Waals surface area contributed by atoms with Crippen LogP contribution in [0.5, 0.6) is 0 Å². The quantitative estimate of drug-likeness (QED) is 0.303. The maximum atomic E-state index is 12.7. The largest absolute Gasteiger partial charge is 0.480 e. The molecule has 204 valence electrons. The SMILES string of the molecule is O=C(O)CN(CCOS(=O)(=O)O)C(=O)c1ccc(CNC(=O)OCC2c3ccccc3-c3ccccc32)cc1. The van der Waals surface area contributed by atoms with Crippen molar-refractivity contribution in [3.8, 4) is 11.1 Å². The average Bonchev–Trinajstić information content (AvgIpc) is 3.23. The van der Waals surface area contributed by atoms with E-state index in [-0.39, 0.29) is 31.2 Å². The highest BCUT2D eigenvalue weighted by atomic mass is 32.3. The molecule has 1 aliphatic carbocycles. The molecule has 11 nitrogen and oxygen atoms in total. The van der Waals surface area contributed by atoms with Crippen LogP contribution < -0.4 is 5.32 Å². The molecule has 0 saturated heterocycles. The molecule has 2 amide bonds. The number of carbonyl (C=O) groups is 3. The van der Waals surface area contributed by atoms with Crippen molar-refractivity contribution in [2.45, 2.75) is 12.5 Å². The minimum absolute atomic E-state index is 0.0647.